The summed E-state index contributed by atoms with van der Waals surface area (Å²) >= 11 is 1.29. The Bertz CT molecular complexity index is 2080. The summed E-state index contributed by atoms with van der Waals surface area (Å²) in [6.07, 6.45) is 9.47. The van der Waals surface area contributed by atoms with Crippen LogP contribution in [0.1, 0.15) is 36.6 Å². The van der Waals surface area contributed by atoms with Crippen molar-refractivity contribution in [3.05, 3.63) is 127 Å². The minimum Gasteiger partial charge on any atom is -0.494 e. The van der Waals surface area contributed by atoms with Crippen molar-refractivity contribution in [2.75, 3.05) is 13.2 Å². The summed E-state index contributed by atoms with van der Waals surface area (Å²) in [6, 6.07) is 24.2. The fourth-order valence-corrected chi connectivity index (χ4v) is 6.42. The first-order valence-electron chi connectivity index (χ1n) is 14.1. The Morgan fingerprint density at radius 3 is 2.49 bits per heavy atom. The molecule has 2 aromatic heterocycles. The summed E-state index contributed by atoms with van der Waals surface area (Å²) in [5.41, 5.74) is 3.91. The van der Waals surface area contributed by atoms with Crippen molar-refractivity contribution < 1.29 is 14.3 Å². The number of para-hydroxylation sites is 1. The highest BCUT2D eigenvalue weighted by molar-refractivity contribution is 7.07. The van der Waals surface area contributed by atoms with Crippen LogP contribution in [-0.4, -0.2) is 28.3 Å². The molecular weight excluding hydrogens is 558 g/mol. The number of nitrogens with zero attached hydrogens (tertiary/aromatic N) is 3. The Morgan fingerprint density at radius 1 is 1.02 bits per heavy atom. The Morgan fingerprint density at radius 2 is 1.77 bits per heavy atom. The molecule has 0 radical (unpaired) electrons. The van der Waals surface area contributed by atoms with Crippen LogP contribution in [-0.2, 0) is 16.1 Å². The van der Waals surface area contributed by atoms with E-state index in [1.807, 2.05) is 103 Å². The molecule has 7 nitrogen and oxygen atoms in total. The zero-order valence-corrected chi connectivity index (χ0v) is 24.6. The number of hydrogen-bond donors (Lipinski definition) is 0. The number of terminal acetylenes is 1. The van der Waals surface area contributed by atoms with Crippen LogP contribution in [0.3, 0.4) is 0 Å². The van der Waals surface area contributed by atoms with Gasteiger partial charge >= 0.3 is 5.97 Å². The molecule has 0 unspecified atom stereocenters. The minimum atomic E-state index is -0.758. The molecule has 1 aliphatic rings. The van der Waals surface area contributed by atoms with Crippen LogP contribution >= 0.6 is 11.3 Å². The quantitative estimate of drug-likeness (QED) is 0.191. The average molecular weight is 588 g/mol. The first kappa shape index (κ1) is 28.0. The molecule has 0 fully saturated rings. The summed E-state index contributed by atoms with van der Waals surface area (Å²) in [5, 5.41) is 0.990. The monoisotopic (exact) mass is 587 g/mol. The molecule has 3 aromatic carbocycles. The predicted molar refractivity (Wildman–Crippen MR) is 169 cm³/mol. The van der Waals surface area contributed by atoms with Gasteiger partial charge in [-0.25, -0.2) is 9.79 Å². The highest BCUT2D eigenvalue weighted by Crippen LogP contribution is 2.35. The number of thiazole rings is 1. The maximum absolute atomic E-state index is 14.3. The highest BCUT2D eigenvalue weighted by Gasteiger charge is 2.35. The zero-order valence-electron chi connectivity index (χ0n) is 23.8. The van der Waals surface area contributed by atoms with E-state index in [0.717, 1.165) is 27.6 Å². The molecule has 0 N–H and O–H groups in total. The van der Waals surface area contributed by atoms with Crippen LogP contribution in [0.5, 0.6) is 5.75 Å². The topological polar surface area (TPSA) is 74.8 Å². The average Bonchev–Trinajstić information content (AvgIpc) is 3.54. The van der Waals surface area contributed by atoms with Crippen molar-refractivity contribution in [2.24, 2.45) is 4.99 Å². The van der Waals surface area contributed by atoms with E-state index in [4.69, 9.17) is 20.9 Å². The molecule has 0 bridgehead atoms. The third-order valence-corrected chi connectivity index (χ3v) is 8.23. The van der Waals surface area contributed by atoms with Gasteiger partial charge in [0, 0.05) is 28.2 Å². The SMILES string of the molecule is C#CCn1cc(/C=c2\sc3n(c2=O)[C@@H](c2ccc(OCC)cc2)C(C(=O)OCC)=C(c2ccccc2)N=3)c2ccccc21. The summed E-state index contributed by atoms with van der Waals surface area (Å²) in [4.78, 5) is 33.3. The van der Waals surface area contributed by atoms with Crippen LogP contribution < -0.4 is 19.6 Å². The molecule has 1 atom stereocenters. The first-order valence-corrected chi connectivity index (χ1v) is 14.9. The van der Waals surface area contributed by atoms with Crippen molar-refractivity contribution in [3.63, 3.8) is 0 Å². The second kappa shape index (κ2) is 12.0. The lowest BCUT2D eigenvalue weighted by molar-refractivity contribution is -0.138. The van der Waals surface area contributed by atoms with E-state index < -0.39 is 12.0 Å². The molecule has 214 valence electrons. The van der Waals surface area contributed by atoms with Gasteiger partial charge in [-0.1, -0.05) is 77.9 Å². The largest absolute Gasteiger partial charge is 0.494 e. The number of hydrogen-bond acceptors (Lipinski definition) is 6. The van der Waals surface area contributed by atoms with E-state index in [1.54, 1.807) is 11.5 Å². The standard InChI is InChI=1S/C35H29N3O4S/c1-4-20-37-22-25(27-14-10-11-15-28(27)37)21-29-33(39)38-32(24-16-18-26(19-17-24)41-5-2)30(34(40)42-6-3)31(36-35(38)43-29)23-12-8-7-9-13-23/h1,7-19,21-22,32H,5-6,20H2,2-3H3/b29-21-/t32-/m0/s1. The van der Waals surface area contributed by atoms with Crippen LogP contribution in [0.15, 0.2) is 100 Å². The highest BCUT2D eigenvalue weighted by atomic mass is 32.1. The van der Waals surface area contributed by atoms with Gasteiger partial charge in [0.25, 0.3) is 5.56 Å². The van der Waals surface area contributed by atoms with Crippen molar-refractivity contribution >= 4 is 40.0 Å². The van der Waals surface area contributed by atoms with Gasteiger partial charge in [-0.05, 0) is 43.7 Å². The van der Waals surface area contributed by atoms with Crippen molar-refractivity contribution in [1.29, 1.82) is 0 Å². The van der Waals surface area contributed by atoms with E-state index >= 15 is 0 Å². The molecule has 3 heterocycles. The Kier molecular flexibility index (Phi) is 7.82. The van der Waals surface area contributed by atoms with E-state index in [9.17, 15) is 9.59 Å². The van der Waals surface area contributed by atoms with Gasteiger partial charge < -0.3 is 14.0 Å². The number of esters is 1. The number of fused-ring (bicyclic) bond motifs is 2. The summed E-state index contributed by atoms with van der Waals surface area (Å²) < 4.78 is 15.3. The molecular formula is C35H29N3O4S. The molecule has 0 amide bonds. The Hall–Kier alpha value is -5.13. The van der Waals surface area contributed by atoms with Gasteiger partial charge in [0.15, 0.2) is 4.80 Å². The Labute approximate surface area is 252 Å². The first-order chi connectivity index (χ1) is 21.0. The zero-order chi connectivity index (χ0) is 29.9. The van der Waals surface area contributed by atoms with Crippen molar-refractivity contribution in [1.82, 2.24) is 9.13 Å². The third-order valence-electron chi connectivity index (χ3n) is 7.25. The van der Waals surface area contributed by atoms with Gasteiger partial charge in [0.2, 0.25) is 0 Å². The van der Waals surface area contributed by atoms with E-state index in [-0.39, 0.29) is 12.2 Å². The Balaban J connectivity index is 1.62. The number of aromatic nitrogens is 2. The lowest BCUT2D eigenvalue weighted by atomic mass is 9.93. The van der Waals surface area contributed by atoms with E-state index in [0.29, 0.717) is 39.5 Å². The van der Waals surface area contributed by atoms with Gasteiger partial charge in [-0.3, -0.25) is 9.36 Å². The van der Waals surface area contributed by atoms with Crippen LogP contribution in [0, 0.1) is 12.3 Å². The van der Waals surface area contributed by atoms with Crippen molar-refractivity contribution in [3.8, 4) is 18.1 Å². The number of carbonyl (C=O) groups is 1. The second-order valence-corrected chi connectivity index (χ2v) is 10.9. The number of ether oxygens (including phenoxy) is 2. The van der Waals surface area contributed by atoms with Gasteiger partial charge in [-0.2, -0.15) is 0 Å². The fraction of sp³-hybridized carbons (Fsp3) is 0.171. The predicted octanol–water partition coefficient (Wildman–Crippen LogP) is 4.92. The normalized spacial score (nSPS) is 14.7. The van der Waals surface area contributed by atoms with Crippen LogP contribution in [0.2, 0.25) is 0 Å². The summed E-state index contributed by atoms with van der Waals surface area (Å²) in [6.45, 7) is 4.81. The van der Waals surface area contributed by atoms with E-state index in [2.05, 4.69) is 5.92 Å². The second-order valence-electron chi connectivity index (χ2n) is 9.87. The smallest absolute Gasteiger partial charge is 0.338 e. The van der Waals surface area contributed by atoms with Gasteiger partial charge in [0.1, 0.15) is 5.75 Å². The molecule has 0 aliphatic carbocycles. The molecule has 5 aromatic rings. The van der Waals surface area contributed by atoms with Crippen molar-refractivity contribution in [2.45, 2.75) is 26.4 Å². The fourth-order valence-electron chi connectivity index (χ4n) is 5.43. The molecule has 43 heavy (non-hydrogen) atoms. The maximum Gasteiger partial charge on any atom is 0.338 e. The minimum absolute atomic E-state index is 0.187. The summed E-state index contributed by atoms with van der Waals surface area (Å²) in [7, 11) is 0. The number of rotatable bonds is 8. The molecule has 0 saturated carbocycles. The molecule has 0 spiro atoms. The molecule has 1 aliphatic heterocycles. The van der Waals surface area contributed by atoms with Gasteiger partial charge in [0.05, 0.1) is 41.6 Å². The molecule has 0 saturated heterocycles. The third kappa shape index (κ3) is 5.20. The summed E-state index contributed by atoms with van der Waals surface area (Å²) in [5.74, 6) is 2.88. The maximum atomic E-state index is 14.3. The number of benzene rings is 3. The molecule has 8 heteroatoms. The lowest BCUT2D eigenvalue weighted by Crippen LogP contribution is -2.40. The van der Waals surface area contributed by atoms with E-state index in [1.165, 1.54) is 11.3 Å². The van der Waals surface area contributed by atoms with Crippen LogP contribution in [0.4, 0.5) is 0 Å². The number of carbonyl (C=O) groups excluding carboxylic acids is 1. The molecule has 6 rings (SSSR count). The lowest BCUT2D eigenvalue weighted by Gasteiger charge is -2.26. The van der Waals surface area contributed by atoms with Gasteiger partial charge in [-0.15, -0.1) is 6.42 Å². The van der Waals surface area contributed by atoms with Crippen LogP contribution in [0.25, 0.3) is 22.7 Å².